The first-order chi connectivity index (χ1) is 9.47. The van der Waals surface area contributed by atoms with Crippen LogP contribution in [-0.4, -0.2) is 41.3 Å². The molecule has 5 nitrogen and oxygen atoms in total. The maximum absolute atomic E-state index is 12.1. The number of hydrogen-bond donors (Lipinski definition) is 2. The van der Waals surface area contributed by atoms with Gasteiger partial charge in [-0.3, -0.25) is 9.59 Å². The van der Waals surface area contributed by atoms with E-state index in [1.54, 1.807) is 36.2 Å². The van der Waals surface area contributed by atoms with Gasteiger partial charge in [-0.25, -0.2) is 0 Å². The Hall–Kier alpha value is -1.95. The zero-order chi connectivity index (χ0) is 14.7. The number of likely N-dealkylation sites (N-methyl/N-ethyl adjacent to an activating group) is 1. The van der Waals surface area contributed by atoms with Crippen molar-refractivity contribution in [1.29, 1.82) is 0 Å². The molecule has 0 radical (unpaired) electrons. The van der Waals surface area contributed by atoms with Gasteiger partial charge >= 0.3 is 0 Å². The molecule has 3 N–H and O–H groups in total. The second kappa shape index (κ2) is 6.00. The van der Waals surface area contributed by atoms with E-state index in [4.69, 9.17) is 18.0 Å². The molecule has 1 fully saturated rings. The first-order valence-corrected chi connectivity index (χ1v) is 6.83. The van der Waals surface area contributed by atoms with Gasteiger partial charge in [0.2, 0.25) is 5.91 Å². The first kappa shape index (κ1) is 14.5. The summed E-state index contributed by atoms with van der Waals surface area (Å²) in [5, 5.41) is 2.94. The second-order valence-electron chi connectivity index (χ2n) is 4.92. The van der Waals surface area contributed by atoms with Gasteiger partial charge in [0.25, 0.3) is 5.91 Å². The number of likely N-dealkylation sites (tertiary alicyclic amines) is 1. The summed E-state index contributed by atoms with van der Waals surface area (Å²) < 4.78 is 0. The molecule has 1 unspecified atom stereocenters. The van der Waals surface area contributed by atoms with Gasteiger partial charge in [0.05, 0.1) is 0 Å². The Balaban J connectivity index is 1.98. The van der Waals surface area contributed by atoms with E-state index in [0.29, 0.717) is 29.9 Å². The van der Waals surface area contributed by atoms with E-state index in [2.05, 4.69) is 5.32 Å². The molecule has 0 saturated carbocycles. The first-order valence-electron chi connectivity index (χ1n) is 6.42. The van der Waals surface area contributed by atoms with Crippen molar-refractivity contribution in [2.24, 2.45) is 5.73 Å². The quantitative estimate of drug-likeness (QED) is 0.803. The molecule has 0 aliphatic carbocycles. The van der Waals surface area contributed by atoms with Gasteiger partial charge in [0.1, 0.15) is 4.99 Å². The highest BCUT2D eigenvalue weighted by Crippen LogP contribution is 2.11. The SMILES string of the molecule is CN1CC(NC(=O)c2ccc(C(N)=S)cc2)CCC1=O. The molecular weight excluding hydrogens is 274 g/mol. The normalized spacial score (nSPS) is 18.8. The number of nitrogens with one attached hydrogen (secondary N) is 1. The molecule has 2 rings (SSSR count). The number of hydrogen-bond acceptors (Lipinski definition) is 3. The number of nitrogens with two attached hydrogens (primary N) is 1. The van der Waals surface area contributed by atoms with Crippen LogP contribution in [0.2, 0.25) is 0 Å². The third-order valence-electron chi connectivity index (χ3n) is 3.39. The van der Waals surface area contributed by atoms with E-state index in [-0.39, 0.29) is 17.9 Å². The minimum atomic E-state index is -0.146. The van der Waals surface area contributed by atoms with Crippen LogP contribution in [0, 0.1) is 0 Å². The Morgan fingerprint density at radius 2 is 1.95 bits per heavy atom. The molecule has 106 valence electrons. The van der Waals surface area contributed by atoms with Crippen molar-refractivity contribution < 1.29 is 9.59 Å². The van der Waals surface area contributed by atoms with Gasteiger partial charge in [0.15, 0.2) is 0 Å². The van der Waals surface area contributed by atoms with Crippen LogP contribution in [0.4, 0.5) is 0 Å². The van der Waals surface area contributed by atoms with Crippen molar-refractivity contribution in [1.82, 2.24) is 10.2 Å². The average Bonchev–Trinajstić information content (AvgIpc) is 2.43. The number of amides is 2. The summed E-state index contributed by atoms with van der Waals surface area (Å²) in [6.45, 7) is 0.551. The van der Waals surface area contributed by atoms with Crippen LogP contribution in [-0.2, 0) is 4.79 Å². The van der Waals surface area contributed by atoms with Crippen molar-refractivity contribution in [3.63, 3.8) is 0 Å². The highest BCUT2D eigenvalue weighted by molar-refractivity contribution is 7.80. The fraction of sp³-hybridized carbons (Fsp3) is 0.357. The Kier molecular flexibility index (Phi) is 4.34. The highest BCUT2D eigenvalue weighted by atomic mass is 32.1. The molecule has 1 heterocycles. The Morgan fingerprint density at radius 1 is 1.35 bits per heavy atom. The lowest BCUT2D eigenvalue weighted by atomic mass is 10.0. The molecule has 1 saturated heterocycles. The number of carbonyl (C=O) groups excluding carboxylic acids is 2. The van der Waals surface area contributed by atoms with E-state index < -0.39 is 0 Å². The van der Waals surface area contributed by atoms with Gasteiger partial charge in [-0.1, -0.05) is 24.4 Å². The lowest BCUT2D eigenvalue weighted by molar-refractivity contribution is -0.132. The van der Waals surface area contributed by atoms with Crippen molar-refractivity contribution >= 4 is 29.0 Å². The van der Waals surface area contributed by atoms with Crippen LogP contribution >= 0.6 is 12.2 Å². The Morgan fingerprint density at radius 3 is 2.50 bits per heavy atom. The van der Waals surface area contributed by atoms with Gasteiger partial charge in [-0.15, -0.1) is 0 Å². The molecule has 1 atom stereocenters. The molecule has 2 amide bonds. The van der Waals surface area contributed by atoms with Crippen molar-refractivity contribution in [2.45, 2.75) is 18.9 Å². The number of carbonyl (C=O) groups is 2. The smallest absolute Gasteiger partial charge is 0.251 e. The topological polar surface area (TPSA) is 75.4 Å². The minimum absolute atomic E-state index is 0.000427. The van der Waals surface area contributed by atoms with Crippen LogP contribution in [0.15, 0.2) is 24.3 Å². The van der Waals surface area contributed by atoms with Crippen LogP contribution in [0.25, 0.3) is 0 Å². The third-order valence-corrected chi connectivity index (χ3v) is 3.63. The van der Waals surface area contributed by atoms with Gasteiger partial charge < -0.3 is 16.0 Å². The average molecular weight is 291 g/mol. The molecule has 0 aromatic heterocycles. The van der Waals surface area contributed by atoms with E-state index in [0.717, 1.165) is 5.56 Å². The number of thiocarbonyl (C=S) groups is 1. The number of nitrogens with zero attached hydrogens (tertiary/aromatic N) is 1. The van der Waals surface area contributed by atoms with Crippen LogP contribution in [0.5, 0.6) is 0 Å². The van der Waals surface area contributed by atoms with E-state index in [1.165, 1.54) is 0 Å². The summed E-state index contributed by atoms with van der Waals surface area (Å²) in [7, 11) is 1.75. The predicted molar refractivity (Wildman–Crippen MR) is 80.5 cm³/mol. The Bertz CT molecular complexity index is 542. The standard InChI is InChI=1S/C14H17N3O2S/c1-17-8-11(6-7-12(17)18)16-14(19)10-4-2-9(3-5-10)13(15)20/h2-5,11H,6-8H2,1H3,(H2,15,20)(H,16,19). The molecule has 20 heavy (non-hydrogen) atoms. The number of benzene rings is 1. The molecule has 1 aliphatic heterocycles. The van der Waals surface area contributed by atoms with Gasteiger partial charge in [-0.05, 0) is 18.6 Å². The number of rotatable bonds is 3. The summed E-state index contributed by atoms with van der Waals surface area (Å²) >= 11 is 4.87. The van der Waals surface area contributed by atoms with E-state index >= 15 is 0 Å². The molecule has 1 aromatic carbocycles. The van der Waals surface area contributed by atoms with Crippen LogP contribution in [0.3, 0.4) is 0 Å². The van der Waals surface area contributed by atoms with Crippen molar-refractivity contribution in [3.05, 3.63) is 35.4 Å². The summed E-state index contributed by atoms with van der Waals surface area (Å²) in [5.41, 5.74) is 6.81. The van der Waals surface area contributed by atoms with Gasteiger partial charge in [-0.2, -0.15) is 0 Å². The maximum atomic E-state index is 12.1. The zero-order valence-electron chi connectivity index (χ0n) is 11.3. The molecule has 0 spiro atoms. The lowest BCUT2D eigenvalue weighted by Gasteiger charge is -2.30. The maximum Gasteiger partial charge on any atom is 0.251 e. The fourth-order valence-corrected chi connectivity index (χ4v) is 2.32. The summed E-state index contributed by atoms with van der Waals surface area (Å²) in [4.78, 5) is 25.4. The van der Waals surface area contributed by atoms with Crippen LogP contribution < -0.4 is 11.1 Å². The monoisotopic (exact) mass is 291 g/mol. The molecule has 1 aromatic rings. The minimum Gasteiger partial charge on any atom is -0.389 e. The Labute approximate surface area is 123 Å². The van der Waals surface area contributed by atoms with Gasteiger partial charge in [0, 0.05) is 37.2 Å². The fourth-order valence-electron chi connectivity index (χ4n) is 2.18. The molecule has 0 bridgehead atoms. The predicted octanol–water partition coefficient (Wildman–Crippen LogP) is 0.671. The van der Waals surface area contributed by atoms with Crippen molar-refractivity contribution in [3.8, 4) is 0 Å². The summed E-state index contributed by atoms with van der Waals surface area (Å²) in [6.07, 6.45) is 1.15. The summed E-state index contributed by atoms with van der Waals surface area (Å²) in [5.74, 6) is -0.0245. The summed E-state index contributed by atoms with van der Waals surface area (Å²) in [6, 6.07) is 6.85. The van der Waals surface area contributed by atoms with E-state index in [9.17, 15) is 9.59 Å². The lowest BCUT2D eigenvalue weighted by Crippen LogP contribution is -2.48. The highest BCUT2D eigenvalue weighted by Gasteiger charge is 2.24. The molecular formula is C14H17N3O2S. The third kappa shape index (κ3) is 3.33. The van der Waals surface area contributed by atoms with Crippen molar-refractivity contribution in [2.75, 3.05) is 13.6 Å². The molecule has 1 aliphatic rings. The second-order valence-corrected chi connectivity index (χ2v) is 5.36. The largest absolute Gasteiger partial charge is 0.389 e. The zero-order valence-corrected chi connectivity index (χ0v) is 12.1. The number of piperidine rings is 1. The molecule has 6 heteroatoms. The van der Waals surface area contributed by atoms with Crippen LogP contribution in [0.1, 0.15) is 28.8 Å². The van der Waals surface area contributed by atoms with E-state index in [1.807, 2.05) is 0 Å².